The average molecular weight is 507 g/mol. The minimum absolute atomic E-state index is 0.807. The molecule has 0 unspecified atom stereocenters. The summed E-state index contributed by atoms with van der Waals surface area (Å²) in [5.74, 6) is 0. The first-order valence-electron chi connectivity index (χ1n) is 12.6. The lowest BCUT2D eigenvalue weighted by Crippen LogP contribution is -2.25. The van der Waals surface area contributed by atoms with Crippen molar-refractivity contribution in [1.82, 2.24) is 9.97 Å². The summed E-state index contributed by atoms with van der Waals surface area (Å²) in [5.41, 5.74) is 5.53. The van der Waals surface area contributed by atoms with Gasteiger partial charge in [-0.05, 0) is 40.8 Å². The van der Waals surface area contributed by atoms with Crippen LogP contribution in [0.3, 0.4) is 0 Å². The van der Waals surface area contributed by atoms with Crippen LogP contribution in [0.25, 0.3) is 44.0 Å². The fourth-order valence-corrected chi connectivity index (χ4v) is 7.98. The lowest BCUT2D eigenvalue weighted by Gasteiger charge is -2.21. The van der Waals surface area contributed by atoms with E-state index in [-0.39, 0.29) is 0 Å². The Kier molecular flexibility index (Phi) is 5.39. The molecule has 1 heterocycles. The fraction of sp³-hybridized carbons (Fsp3) is 0. The van der Waals surface area contributed by atoms with E-state index < -0.39 is 7.14 Å². The number of benzene rings is 6. The minimum atomic E-state index is -3.09. The number of hydrogen-bond donors (Lipinski definition) is 0. The van der Waals surface area contributed by atoms with Crippen molar-refractivity contribution in [2.75, 3.05) is 0 Å². The van der Waals surface area contributed by atoms with Gasteiger partial charge in [0.1, 0.15) is 0 Å². The second kappa shape index (κ2) is 9.06. The van der Waals surface area contributed by atoms with Gasteiger partial charge in [-0.2, -0.15) is 0 Å². The largest absolute Gasteiger partial charge is 0.309 e. The van der Waals surface area contributed by atoms with Crippen molar-refractivity contribution in [3.8, 4) is 11.1 Å². The highest BCUT2D eigenvalue weighted by Crippen LogP contribution is 2.43. The number of hydrogen-bond acceptors (Lipinski definition) is 3. The van der Waals surface area contributed by atoms with Gasteiger partial charge in [0.25, 0.3) is 0 Å². The molecule has 4 heteroatoms. The van der Waals surface area contributed by atoms with Gasteiger partial charge in [0.05, 0.1) is 22.1 Å². The van der Waals surface area contributed by atoms with Crippen LogP contribution in [-0.2, 0) is 4.57 Å². The monoisotopic (exact) mass is 506 g/mol. The van der Waals surface area contributed by atoms with E-state index in [0.29, 0.717) is 0 Å². The molecule has 0 amide bonds. The Hall–Kier alpha value is -4.59. The normalized spacial score (nSPS) is 11.8. The number of aromatic nitrogens is 2. The van der Waals surface area contributed by atoms with Crippen LogP contribution >= 0.6 is 7.14 Å². The van der Waals surface area contributed by atoms with E-state index in [9.17, 15) is 0 Å². The van der Waals surface area contributed by atoms with Crippen molar-refractivity contribution in [1.29, 1.82) is 0 Å². The molecule has 3 nitrogen and oxygen atoms in total. The summed E-state index contributed by atoms with van der Waals surface area (Å²) in [5, 5.41) is 4.60. The van der Waals surface area contributed by atoms with Crippen LogP contribution in [0.1, 0.15) is 0 Å². The Bertz CT molecular complexity index is 1960. The van der Waals surface area contributed by atoms with Crippen molar-refractivity contribution >= 4 is 55.9 Å². The van der Waals surface area contributed by atoms with Gasteiger partial charge in [-0.3, -0.25) is 0 Å². The molecule has 180 valence electrons. The van der Waals surface area contributed by atoms with Gasteiger partial charge in [0.15, 0.2) is 7.14 Å². The van der Waals surface area contributed by atoms with Gasteiger partial charge >= 0.3 is 0 Å². The van der Waals surface area contributed by atoms with E-state index in [4.69, 9.17) is 9.97 Å². The quantitative estimate of drug-likeness (QED) is 0.144. The van der Waals surface area contributed by atoms with Crippen molar-refractivity contribution in [3.63, 3.8) is 0 Å². The molecule has 1 aromatic heterocycles. The number of rotatable bonds is 4. The molecule has 0 radical (unpaired) electrons. The van der Waals surface area contributed by atoms with E-state index >= 15 is 4.57 Å². The zero-order valence-electron chi connectivity index (χ0n) is 20.5. The molecule has 0 fully saturated rings. The summed E-state index contributed by atoms with van der Waals surface area (Å²) in [6.45, 7) is 0. The van der Waals surface area contributed by atoms with Crippen LogP contribution in [0.2, 0.25) is 0 Å². The van der Waals surface area contributed by atoms with Crippen LogP contribution in [-0.4, -0.2) is 9.97 Å². The van der Waals surface area contributed by atoms with E-state index in [0.717, 1.165) is 59.9 Å². The zero-order valence-corrected chi connectivity index (χ0v) is 21.4. The highest BCUT2D eigenvalue weighted by Gasteiger charge is 2.29. The van der Waals surface area contributed by atoms with Crippen molar-refractivity contribution in [3.05, 3.63) is 140 Å². The summed E-state index contributed by atoms with van der Waals surface area (Å²) in [6, 6.07) is 46.2. The number of para-hydroxylation sites is 2. The van der Waals surface area contributed by atoms with E-state index in [2.05, 4.69) is 36.4 Å². The maximum atomic E-state index is 15.0. The molecule has 38 heavy (non-hydrogen) atoms. The Balaban J connectivity index is 1.49. The SMILES string of the molecule is O=P(c1ccccc1)(c1ccccc1)c1cccc(-c2cc3nc4ccccc4nc3c3ccccc23)c1. The maximum Gasteiger partial charge on any atom is 0.171 e. The predicted molar refractivity (Wildman–Crippen MR) is 159 cm³/mol. The van der Waals surface area contributed by atoms with Gasteiger partial charge in [-0.25, -0.2) is 9.97 Å². The molecule has 6 aromatic carbocycles. The zero-order chi connectivity index (χ0) is 25.5. The first-order chi connectivity index (χ1) is 18.7. The molecule has 0 aliphatic heterocycles. The van der Waals surface area contributed by atoms with Crippen molar-refractivity contribution in [2.45, 2.75) is 0 Å². The smallest absolute Gasteiger partial charge is 0.171 e. The molecule has 0 atom stereocenters. The van der Waals surface area contributed by atoms with Crippen molar-refractivity contribution in [2.24, 2.45) is 0 Å². The molecule has 0 saturated heterocycles. The molecule has 0 spiro atoms. The molecule has 0 bridgehead atoms. The molecule has 0 aliphatic carbocycles. The summed E-state index contributed by atoms with van der Waals surface area (Å²) in [6.07, 6.45) is 0. The van der Waals surface area contributed by atoms with E-state index in [1.54, 1.807) is 0 Å². The second-order valence-corrected chi connectivity index (χ2v) is 12.1. The van der Waals surface area contributed by atoms with Gasteiger partial charge in [-0.1, -0.05) is 115 Å². The van der Waals surface area contributed by atoms with Crippen LogP contribution < -0.4 is 15.9 Å². The third-order valence-electron chi connectivity index (χ3n) is 7.11. The van der Waals surface area contributed by atoms with Crippen LogP contribution in [0, 0.1) is 0 Å². The third-order valence-corrected chi connectivity index (χ3v) is 10.2. The molecule has 0 aliphatic rings. The highest BCUT2D eigenvalue weighted by molar-refractivity contribution is 7.85. The maximum absolute atomic E-state index is 15.0. The fourth-order valence-electron chi connectivity index (χ4n) is 5.28. The lowest BCUT2D eigenvalue weighted by molar-refractivity contribution is 0.592. The predicted octanol–water partition coefficient (Wildman–Crippen LogP) is 7.24. The summed E-state index contributed by atoms with van der Waals surface area (Å²) >= 11 is 0. The Labute approximate surface area is 220 Å². The van der Waals surface area contributed by atoms with Gasteiger partial charge in [0, 0.05) is 21.3 Å². The molecule has 0 saturated carbocycles. The van der Waals surface area contributed by atoms with E-state index in [1.807, 2.05) is 103 Å². The first-order valence-corrected chi connectivity index (χ1v) is 14.3. The first kappa shape index (κ1) is 22.6. The van der Waals surface area contributed by atoms with Crippen LogP contribution in [0.5, 0.6) is 0 Å². The van der Waals surface area contributed by atoms with Gasteiger partial charge in [0.2, 0.25) is 0 Å². The number of nitrogens with zero attached hydrogens (tertiary/aromatic N) is 2. The summed E-state index contributed by atoms with van der Waals surface area (Å²) in [7, 11) is -3.09. The molecular formula is C34H23N2OP. The topological polar surface area (TPSA) is 42.9 Å². The lowest BCUT2D eigenvalue weighted by atomic mass is 9.97. The standard InChI is InChI=1S/C34H23N2OP/c37-38(25-13-3-1-4-14-25,26-15-5-2-6-16-26)27-17-11-12-24(22-27)30-23-33-34(29-19-8-7-18-28(29)30)36-32-21-10-9-20-31(32)35-33/h1-23H. The van der Waals surface area contributed by atoms with E-state index in [1.165, 1.54) is 0 Å². The summed E-state index contributed by atoms with van der Waals surface area (Å²) < 4.78 is 15.0. The summed E-state index contributed by atoms with van der Waals surface area (Å²) in [4.78, 5) is 9.93. The second-order valence-electron chi connectivity index (χ2n) is 9.38. The molecule has 7 rings (SSSR count). The third kappa shape index (κ3) is 3.63. The molecular weight excluding hydrogens is 483 g/mol. The average Bonchev–Trinajstić information content (AvgIpc) is 3.00. The Morgan fingerprint density at radius 1 is 0.447 bits per heavy atom. The van der Waals surface area contributed by atoms with Gasteiger partial charge < -0.3 is 4.57 Å². The minimum Gasteiger partial charge on any atom is -0.309 e. The van der Waals surface area contributed by atoms with Crippen LogP contribution in [0.4, 0.5) is 0 Å². The Morgan fingerprint density at radius 3 is 1.68 bits per heavy atom. The number of fused-ring (bicyclic) bond motifs is 4. The Morgan fingerprint density at radius 2 is 1.00 bits per heavy atom. The van der Waals surface area contributed by atoms with Gasteiger partial charge in [-0.15, -0.1) is 0 Å². The van der Waals surface area contributed by atoms with Crippen LogP contribution in [0.15, 0.2) is 140 Å². The highest BCUT2D eigenvalue weighted by atomic mass is 31.2. The van der Waals surface area contributed by atoms with Crippen molar-refractivity contribution < 1.29 is 4.57 Å². The molecule has 0 N–H and O–H groups in total. The molecule has 7 aromatic rings.